The molecule has 1 aliphatic rings. The number of halogens is 1. The van der Waals surface area contributed by atoms with Crippen LogP contribution in [0.5, 0.6) is 0 Å². The van der Waals surface area contributed by atoms with E-state index < -0.39 is 42.5 Å². The quantitative estimate of drug-likeness (QED) is 0.567. The molecule has 1 aromatic carbocycles. The number of nitrogens with zero attached hydrogens (tertiary/aromatic N) is 1. The van der Waals surface area contributed by atoms with E-state index in [4.69, 9.17) is 4.74 Å². The smallest absolute Gasteiger partial charge is 0.326 e. The van der Waals surface area contributed by atoms with E-state index in [0.717, 1.165) is 4.90 Å². The summed E-state index contributed by atoms with van der Waals surface area (Å²) < 4.78 is 17.5. The van der Waals surface area contributed by atoms with E-state index in [0.29, 0.717) is 5.56 Å². The van der Waals surface area contributed by atoms with E-state index in [1.807, 2.05) is 0 Å². The van der Waals surface area contributed by atoms with Gasteiger partial charge in [-0.3, -0.25) is 19.3 Å². The van der Waals surface area contributed by atoms with E-state index in [1.165, 1.54) is 38.1 Å². The lowest BCUT2D eigenvalue weighted by Gasteiger charge is -2.15. The lowest BCUT2D eigenvalue weighted by Crippen LogP contribution is -2.41. The Balaban J connectivity index is 1.74. The van der Waals surface area contributed by atoms with Crippen molar-refractivity contribution in [2.45, 2.75) is 25.9 Å². The predicted molar refractivity (Wildman–Crippen MR) is 83.5 cm³/mol. The van der Waals surface area contributed by atoms with Crippen molar-refractivity contribution in [3.63, 3.8) is 0 Å². The number of hydrogen-bond acceptors (Lipinski definition) is 5. The Kier molecular flexibility index (Phi) is 5.35. The minimum absolute atomic E-state index is 0.151. The maximum atomic E-state index is 12.8. The van der Waals surface area contributed by atoms with Gasteiger partial charge in [0.15, 0.2) is 6.61 Å². The molecule has 134 valence electrons. The van der Waals surface area contributed by atoms with E-state index in [2.05, 4.69) is 10.6 Å². The maximum absolute atomic E-state index is 12.8. The third-order valence-corrected chi connectivity index (χ3v) is 3.50. The van der Waals surface area contributed by atoms with Gasteiger partial charge in [-0.2, -0.15) is 0 Å². The first kappa shape index (κ1) is 18.4. The second-order valence-corrected chi connectivity index (χ2v) is 6.01. The summed E-state index contributed by atoms with van der Waals surface area (Å²) in [5.74, 6) is -2.36. The molecule has 0 aliphatic carbocycles. The van der Waals surface area contributed by atoms with Crippen molar-refractivity contribution in [2.24, 2.45) is 0 Å². The molecular weight excluding hydrogens is 333 g/mol. The fourth-order valence-electron chi connectivity index (χ4n) is 2.14. The molecular formula is C16H18FN3O5. The van der Waals surface area contributed by atoms with Crippen LogP contribution in [0.25, 0.3) is 0 Å². The summed E-state index contributed by atoms with van der Waals surface area (Å²) in [6.07, 6.45) is 0. The molecule has 1 saturated heterocycles. The van der Waals surface area contributed by atoms with Gasteiger partial charge < -0.3 is 15.4 Å². The number of amides is 4. The van der Waals surface area contributed by atoms with Crippen molar-refractivity contribution < 1.29 is 28.3 Å². The predicted octanol–water partition coefficient (Wildman–Crippen LogP) is 0.316. The fourth-order valence-corrected chi connectivity index (χ4v) is 2.14. The largest absolute Gasteiger partial charge is 0.454 e. The average Bonchev–Trinajstić information content (AvgIpc) is 2.74. The van der Waals surface area contributed by atoms with Crippen molar-refractivity contribution in [1.29, 1.82) is 0 Å². The summed E-state index contributed by atoms with van der Waals surface area (Å²) in [6, 6.07) is 4.87. The van der Waals surface area contributed by atoms with E-state index in [1.54, 1.807) is 0 Å². The summed E-state index contributed by atoms with van der Waals surface area (Å²) in [7, 11) is 0. The first-order valence-electron chi connectivity index (χ1n) is 7.50. The van der Waals surface area contributed by atoms with Crippen molar-refractivity contribution >= 4 is 23.8 Å². The first-order chi connectivity index (χ1) is 11.7. The summed E-state index contributed by atoms with van der Waals surface area (Å²) in [4.78, 5) is 47.6. The normalized spacial score (nSPS) is 15.7. The molecule has 2 rings (SSSR count). The van der Waals surface area contributed by atoms with Crippen LogP contribution in [0.15, 0.2) is 24.3 Å². The Morgan fingerprint density at radius 2 is 1.88 bits per heavy atom. The molecule has 0 aromatic heterocycles. The summed E-state index contributed by atoms with van der Waals surface area (Å²) >= 11 is 0. The molecule has 0 atom stereocenters. The van der Waals surface area contributed by atoms with Crippen LogP contribution in [-0.4, -0.2) is 47.4 Å². The molecule has 9 heteroatoms. The van der Waals surface area contributed by atoms with Crippen molar-refractivity contribution in [3.8, 4) is 0 Å². The van der Waals surface area contributed by atoms with Crippen molar-refractivity contribution in [3.05, 3.63) is 35.6 Å². The number of nitrogens with one attached hydrogen (secondary N) is 2. The van der Waals surface area contributed by atoms with Gasteiger partial charge in [0.05, 0.1) is 0 Å². The Bertz CT molecular complexity index is 702. The highest BCUT2D eigenvalue weighted by molar-refractivity contribution is 6.08. The number of urea groups is 1. The number of hydrogen-bond donors (Lipinski definition) is 2. The van der Waals surface area contributed by atoms with Crippen LogP contribution in [-0.2, 0) is 25.7 Å². The van der Waals surface area contributed by atoms with Crippen molar-refractivity contribution in [1.82, 2.24) is 15.5 Å². The number of carbonyl (C=O) groups is 4. The molecule has 1 aliphatic heterocycles. The first-order valence-corrected chi connectivity index (χ1v) is 7.50. The van der Waals surface area contributed by atoms with E-state index >= 15 is 0 Å². The number of imide groups is 1. The van der Waals surface area contributed by atoms with E-state index in [9.17, 15) is 23.6 Å². The lowest BCUT2D eigenvalue weighted by atomic mass is 10.1. The minimum atomic E-state index is -1.08. The Morgan fingerprint density at radius 1 is 1.24 bits per heavy atom. The van der Waals surface area contributed by atoms with Gasteiger partial charge in [0, 0.05) is 6.54 Å². The van der Waals surface area contributed by atoms with Gasteiger partial charge in [-0.25, -0.2) is 9.18 Å². The van der Waals surface area contributed by atoms with Gasteiger partial charge in [-0.15, -0.1) is 0 Å². The number of ether oxygens (including phenoxy) is 1. The number of esters is 1. The second-order valence-electron chi connectivity index (χ2n) is 6.01. The maximum Gasteiger partial charge on any atom is 0.326 e. The highest BCUT2D eigenvalue weighted by Crippen LogP contribution is 2.16. The summed E-state index contributed by atoms with van der Waals surface area (Å²) in [6.45, 7) is 2.06. The molecule has 1 aromatic rings. The van der Waals surface area contributed by atoms with Crippen LogP contribution < -0.4 is 10.6 Å². The molecule has 0 unspecified atom stereocenters. The molecule has 4 amide bonds. The third-order valence-electron chi connectivity index (χ3n) is 3.50. The Hall–Kier alpha value is -2.97. The number of benzene rings is 1. The monoisotopic (exact) mass is 351 g/mol. The van der Waals surface area contributed by atoms with Crippen LogP contribution >= 0.6 is 0 Å². The number of carbonyl (C=O) groups excluding carboxylic acids is 4. The standard InChI is InChI=1S/C16H18FN3O5/c1-16(2)14(23)20(15(24)19-16)8-13(22)25-9-12(21)18-7-10-3-5-11(17)6-4-10/h3-6H,7-9H2,1-2H3,(H,18,21)(H,19,24). The van der Waals surface area contributed by atoms with E-state index in [-0.39, 0.29) is 12.4 Å². The van der Waals surface area contributed by atoms with Gasteiger partial charge in [0.1, 0.15) is 17.9 Å². The molecule has 0 bridgehead atoms. The van der Waals surface area contributed by atoms with Gasteiger partial charge in [0.25, 0.3) is 11.8 Å². The second kappa shape index (κ2) is 7.29. The zero-order valence-corrected chi connectivity index (χ0v) is 13.8. The molecule has 1 heterocycles. The summed E-state index contributed by atoms with van der Waals surface area (Å²) in [5, 5.41) is 4.93. The molecule has 2 N–H and O–H groups in total. The molecule has 0 spiro atoms. The minimum Gasteiger partial charge on any atom is -0.454 e. The average molecular weight is 351 g/mol. The molecule has 8 nitrogen and oxygen atoms in total. The van der Waals surface area contributed by atoms with Crippen LogP contribution in [0.2, 0.25) is 0 Å². The van der Waals surface area contributed by atoms with Gasteiger partial charge in [0.2, 0.25) is 0 Å². The zero-order chi connectivity index (χ0) is 18.6. The molecule has 0 radical (unpaired) electrons. The van der Waals surface area contributed by atoms with Crippen molar-refractivity contribution in [2.75, 3.05) is 13.2 Å². The fraction of sp³-hybridized carbons (Fsp3) is 0.375. The Labute approximate surface area is 143 Å². The molecule has 1 fully saturated rings. The number of rotatable bonds is 6. The molecule has 0 saturated carbocycles. The van der Waals surface area contributed by atoms with Gasteiger partial charge in [-0.1, -0.05) is 12.1 Å². The van der Waals surface area contributed by atoms with Gasteiger partial charge in [-0.05, 0) is 31.5 Å². The highest BCUT2D eigenvalue weighted by atomic mass is 19.1. The van der Waals surface area contributed by atoms with Crippen LogP contribution in [0.1, 0.15) is 19.4 Å². The van der Waals surface area contributed by atoms with Crippen LogP contribution in [0.3, 0.4) is 0 Å². The third kappa shape index (κ3) is 4.75. The highest BCUT2D eigenvalue weighted by Gasteiger charge is 2.45. The Morgan fingerprint density at radius 3 is 2.44 bits per heavy atom. The lowest BCUT2D eigenvalue weighted by molar-refractivity contribution is -0.151. The van der Waals surface area contributed by atoms with Crippen LogP contribution in [0.4, 0.5) is 9.18 Å². The topological polar surface area (TPSA) is 105 Å². The molecule has 25 heavy (non-hydrogen) atoms. The van der Waals surface area contributed by atoms with Gasteiger partial charge >= 0.3 is 12.0 Å². The SMILES string of the molecule is CC1(C)NC(=O)N(CC(=O)OCC(=O)NCc2ccc(F)cc2)C1=O. The zero-order valence-electron chi connectivity index (χ0n) is 13.8. The summed E-state index contributed by atoms with van der Waals surface area (Å²) in [5.41, 5.74) is -0.396. The van der Waals surface area contributed by atoms with Crippen LogP contribution in [0, 0.1) is 5.82 Å².